The summed E-state index contributed by atoms with van der Waals surface area (Å²) in [7, 11) is -0.940. The summed E-state index contributed by atoms with van der Waals surface area (Å²) in [6.07, 6.45) is 0. The smallest absolute Gasteiger partial charge is 0.151 e. The van der Waals surface area contributed by atoms with Crippen LogP contribution in [0.4, 0.5) is 11.4 Å². The first-order valence-corrected chi connectivity index (χ1v) is 10.5. The molecule has 0 N–H and O–H groups in total. The molecule has 2 nitrogen and oxygen atoms in total. The zero-order chi connectivity index (χ0) is 15.2. The predicted molar refractivity (Wildman–Crippen MR) is 93.4 cm³/mol. The fourth-order valence-electron chi connectivity index (χ4n) is 2.99. The van der Waals surface area contributed by atoms with Gasteiger partial charge in [0.25, 0.3) is 0 Å². The van der Waals surface area contributed by atoms with Gasteiger partial charge in [-0.15, -0.1) is 0 Å². The third-order valence-electron chi connectivity index (χ3n) is 3.87. The van der Waals surface area contributed by atoms with E-state index < -0.39 is 8.80 Å². The van der Waals surface area contributed by atoms with Crippen LogP contribution in [0.5, 0.6) is 11.5 Å². The number of benzene rings is 2. The average molecular weight is 297 g/mol. The number of hydrogen-bond donors (Lipinski definition) is 0. The van der Waals surface area contributed by atoms with Crippen molar-refractivity contribution in [2.75, 3.05) is 4.90 Å². The molecule has 2 aromatic rings. The van der Waals surface area contributed by atoms with E-state index in [0.29, 0.717) is 0 Å². The van der Waals surface area contributed by atoms with Gasteiger partial charge in [-0.05, 0) is 44.2 Å². The van der Waals surface area contributed by atoms with Crippen molar-refractivity contribution in [1.82, 2.24) is 0 Å². The Bertz CT molecular complexity index is 673. The molecule has 0 amide bonds. The summed E-state index contributed by atoms with van der Waals surface area (Å²) < 4.78 is 6.17. The van der Waals surface area contributed by atoms with E-state index in [-0.39, 0.29) is 5.54 Å². The molecule has 0 radical (unpaired) electrons. The Hall–Kier alpha value is -1.74. The zero-order valence-corrected chi connectivity index (χ0v) is 14.6. The van der Waals surface area contributed by atoms with Crippen molar-refractivity contribution in [2.24, 2.45) is 0 Å². The van der Waals surface area contributed by atoms with E-state index >= 15 is 0 Å². The molecule has 0 atom stereocenters. The fourth-order valence-corrected chi connectivity index (χ4v) is 4.30. The molecule has 2 aromatic carbocycles. The van der Waals surface area contributed by atoms with Crippen LogP contribution in [0, 0.1) is 0 Å². The van der Waals surface area contributed by atoms with Gasteiger partial charge in [0, 0.05) is 5.54 Å². The van der Waals surface area contributed by atoms with Gasteiger partial charge in [0.1, 0.15) is 0 Å². The first-order valence-electron chi connectivity index (χ1n) is 7.59. The van der Waals surface area contributed by atoms with E-state index in [1.165, 1.54) is 16.6 Å². The summed E-state index contributed by atoms with van der Waals surface area (Å²) in [5, 5.41) is 1.47. The van der Waals surface area contributed by atoms with E-state index in [2.05, 4.69) is 75.2 Å². The maximum Gasteiger partial charge on any atom is 0.151 e. The first-order chi connectivity index (χ1) is 9.89. The van der Waals surface area contributed by atoms with Crippen LogP contribution in [0.1, 0.15) is 20.8 Å². The molecule has 3 heteroatoms. The minimum atomic E-state index is -0.940. The minimum absolute atomic E-state index is 0.00796. The average Bonchev–Trinajstić information content (AvgIpc) is 2.42. The van der Waals surface area contributed by atoms with Crippen LogP contribution in [0.3, 0.4) is 0 Å². The summed E-state index contributed by atoms with van der Waals surface area (Å²) in [5.74, 6) is 1.94. The van der Waals surface area contributed by atoms with E-state index in [4.69, 9.17) is 4.74 Å². The lowest BCUT2D eigenvalue weighted by Crippen LogP contribution is -2.43. The van der Waals surface area contributed by atoms with Crippen LogP contribution >= 0.6 is 0 Å². The largest absolute Gasteiger partial charge is 0.453 e. The van der Waals surface area contributed by atoms with Crippen LogP contribution < -0.4 is 14.8 Å². The van der Waals surface area contributed by atoms with Gasteiger partial charge in [0.15, 0.2) is 11.5 Å². The van der Waals surface area contributed by atoms with E-state index in [0.717, 1.165) is 11.5 Å². The lowest BCUT2D eigenvalue weighted by molar-refractivity contribution is 0.452. The topological polar surface area (TPSA) is 12.5 Å². The summed E-state index contributed by atoms with van der Waals surface area (Å²) in [5.41, 5.74) is 2.44. The van der Waals surface area contributed by atoms with Gasteiger partial charge in [0.05, 0.1) is 20.2 Å². The van der Waals surface area contributed by atoms with Gasteiger partial charge >= 0.3 is 0 Å². The van der Waals surface area contributed by atoms with Crippen molar-refractivity contribution in [3.8, 4) is 11.5 Å². The minimum Gasteiger partial charge on any atom is -0.453 e. The van der Waals surface area contributed by atoms with E-state index in [1.807, 2.05) is 6.07 Å². The van der Waals surface area contributed by atoms with Crippen molar-refractivity contribution < 1.29 is 4.74 Å². The molecule has 21 heavy (non-hydrogen) atoms. The highest BCUT2D eigenvalue weighted by Gasteiger charge is 2.34. The van der Waals surface area contributed by atoms with Crippen LogP contribution in [0.25, 0.3) is 0 Å². The molecule has 0 unspecified atom stereocenters. The molecular formula is C18H23NOSi. The van der Waals surface area contributed by atoms with Crippen molar-refractivity contribution in [2.45, 2.75) is 39.4 Å². The van der Waals surface area contributed by atoms with Crippen LogP contribution in [-0.4, -0.2) is 14.3 Å². The maximum absolute atomic E-state index is 6.17. The normalized spacial score (nSPS) is 13.7. The number of hydrogen-bond acceptors (Lipinski definition) is 2. The SMILES string of the molecule is C[SiH](C)c1cccc2c1N(C(C)(C)C)c1ccccc1O2. The van der Waals surface area contributed by atoms with Gasteiger partial charge in [-0.1, -0.05) is 37.4 Å². The van der Waals surface area contributed by atoms with E-state index in [9.17, 15) is 0 Å². The number of rotatable bonds is 1. The van der Waals surface area contributed by atoms with Crippen molar-refractivity contribution >= 4 is 25.4 Å². The number of para-hydroxylation sites is 3. The van der Waals surface area contributed by atoms with E-state index in [1.54, 1.807) is 0 Å². The summed E-state index contributed by atoms with van der Waals surface area (Å²) >= 11 is 0. The second-order valence-electron chi connectivity index (χ2n) is 6.92. The molecule has 1 aliphatic rings. The first kappa shape index (κ1) is 14.2. The molecule has 0 spiro atoms. The Morgan fingerprint density at radius 3 is 2.24 bits per heavy atom. The molecule has 110 valence electrons. The summed E-state index contributed by atoms with van der Waals surface area (Å²) in [6.45, 7) is 11.5. The van der Waals surface area contributed by atoms with Gasteiger partial charge in [-0.2, -0.15) is 0 Å². The second kappa shape index (κ2) is 4.92. The molecule has 0 aliphatic carbocycles. The lowest BCUT2D eigenvalue weighted by Gasteiger charge is -2.43. The van der Waals surface area contributed by atoms with Crippen LogP contribution in [0.2, 0.25) is 13.1 Å². The molecule has 1 heterocycles. The Kier molecular flexibility index (Phi) is 3.33. The lowest BCUT2D eigenvalue weighted by atomic mass is 10.0. The third kappa shape index (κ3) is 2.36. The van der Waals surface area contributed by atoms with Crippen LogP contribution in [0.15, 0.2) is 42.5 Å². The molecule has 0 fully saturated rings. The summed E-state index contributed by atoms with van der Waals surface area (Å²) in [4.78, 5) is 2.45. The Balaban J connectivity index is 2.29. The van der Waals surface area contributed by atoms with Gasteiger partial charge < -0.3 is 9.64 Å². The number of anilines is 2. The maximum atomic E-state index is 6.17. The quantitative estimate of drug-likeness (QED) is 0.722. The second-order valence-corrected chi connectivity index (χ2v) is 9.86. The molecule has 0 aromatic heterocycles. The van der Waals surface area contributed by atoms with Crippen molar-refractivity contribution in [3.63, 3.8) is 0 Å². The molecule has 0 bridgehead atoms. The summed E-state index contributed by atoms with van der Waals surface area (Å²) in [6, 6.07) is 14.8. The van der Waals surface area contributed by atoms with Crippen molar-refractivity contribution in [1.29, 1.82) is 0 Å². The molecule has 3 rings (SSSR count). The number of fused-ring (bicyclic) bond motifs is 2. The van der Waals surface area contributed by atoms with Gasteiger partial charge in [-0.25, -0.2) is 0 Å². The fraction of sp³-hybridized carbons (Fsp3) is 0.333. The highest BCUT2D eigenvalue weighted by atomic mass is 28.3. The molecule has 0 saturated carbocycles. The highest BCUT2D eigenvalue weighted by Crippen LogP contribution is 2.48. The number of ether oxygens (including phenoxy) is 1. The zero-order valence-electron chi connectivity index (χ0n) is 13.5. The van der Waals surface area contributed by atoms with Crippen LogP contribution in [-0.2, 0) is 0 Å². The highest BCUT2D eigenvalue weighted by molar-refractivity contribution is 6.72. The predicted octanol–water partition coefficient (Wildman–Crippen LogP) is 4.42. The Morgan fingerprint density at radius 1 is 0.905 bits per heavy atom. The standard InChI is InChI=1S/C18H23NOSi/c1-18(2,3)19-13-9-6-7-10-14(13)20-15-11-8-12-16(17(15)19)21(4)5/h6-12,21H,1-5H3. The Labute approximate surface area is 129 Å². The monoisotopic (exact) mass is 297 g/mol. The number of nitrogens with zero attached hydrogens (tertiary/aromatic N) is 1. The molecular weight excluding hydrogens is 274 g/mol. The molecule has 0 saturated heterocycles. The van der Waals surface area contributed by atoms with Gasteiger partial charge in [0.2, 0.25) is 0 Å². The molecule has 1 aliphatic heterocycles. The van der Waals surface area contributed by atoms with Gasteiger partial charge in [-0.3, -0.25) is 0 Å². The Morgan fingerprint density at radius 2 is 1.57 bits per heavy atom. The van der Waals surface area contributed by atoms with Crippen molar-refractivity contribution in [3.05, 3.63) is 42.5 Å². The third-order valence-corrected chi connectivity index (χ3v) is 5.58.